The minimum atomic E-state index is -4.95. The Morgan fingerprint density at radius 3 is 0.807 bits per heavy atom. The van der Waals surface area contributed by atoms with Crippen molar-refractivity contribution in [2.75, 3.05) is 39.6 Å². The maximum absolute atomic E-state index is 13.0. The molecule has 0 aliphatic heterocycles. The van der Waals surface area contributed by atoms with Gasteiger partial charge in [0.15, 0.2) is 12.2 Å². The Morgan fingerprint density at radius 1 is 0.318 bits per heavy atom. The van der Waals surface area contributed by atoms with E-state index in [1.165, 1.54) is 135 Å². The molecule has 0 saturated heterocycles. The quantitative estimate of drug-likeness (QED) is 0.0222. The highest BCUT2D eigenvalue weighted by Crippen LogP contribution is 2.45. The smallest absolute Gasteiger partial charge is 0.462 e. The van der Waals surface area contributed by atoms with Gasteiger partial charge >= 0.3 is 39.5 Å². The lowest BCUT2D eigenvalue weighted by Crippen LogP contribution is -2.30. The molecule has 17 nitrogen and oxygen atoms in total. The standard InChI is InChI=1S/C69H134O17P2/c1-9-62(8)48-40-32-27-28-36-44-52-69(74)86-65(56-79-66(71)49-41-33-24-19-15-17-22-30-38-46-60(4)5)58-84-88(77,78)82-54-63(70)53-81-87(75,76)83-57-64(55-80-67(72)50-42-34-26-20-23-31-39-47-61(6)7)85-68(73)51-43-35-25-18-14-12-10-11-13-16-21-29-37-45-59(2)3/h59-65,70H,9-58H2,1-8H3,(H,75,76)(H,77,78)/t62?,63?,64-,65-/m1/s1. The van der Waals surface area contributed by atoms with E-state index in [4.69, 9.17) is 37.0 Å². The minimum Gasteiger partial charge on any atom is -0.462 e. The van der Waals surface area contributed by atoms with Gasteiger partial charge in [0.2, 0.25) is 0 Å². The lowest BCUT2D eigenvalue weighted by molar-refractivity contribution is -0.161. The summed E-state index contributed by atoms with van der Waals surface area (Å²) in [4.78, 5) is 72.5. The SMILES string of the molecule is CCC(C)CCCCCCCCC(=O)O[C@H](COC(=O)CCCCCCCCCCCC(C)C)COP(=O)(O)OCC(O)COP(=O)(O)OC[C@@H](COC(=O)CCCCCCCCCC(C)C)OC(=O)CCCCCCCCCCCCCCCC(C)C. The third-order valence-electron chi connectivity index (χ3n) is 16.2. The maximum Gasteiger partial charge on any atom is 0.472 e. The minimum absolute atomic E-state index is 0.102. The number of ether oxygens (including phenoxy) is 4. The first-order valence-corrected chi connectivity index (χ1v) is 38.7. The van der Waals surface area contributed by atoms with Crippen LogP contribution in [-0.2, 0) is 65.4 Å². The number of unbranched alkanes of at least 4 members (excludes halogenated alkanes) is 31. The molecular formula is C69H134O17P2. The fraction of sp³-hybridized carbons (Fsp3) is 0.942. The number of carbonyl (C=O) groups is 4. The summed E-state index contributed by atoms with van der Waals surface area (Å²) in [7, 11) is -9.90. The molecule has 0 aromatic heterocycles. The van der Waals surface area contributed by atoms with Gasteiger partial charge in [-0.15, -0.1) is 0 Å². The summed E-state index contributed by atoms with van der Waals surface area (Å²) in [5, 5.41) is 10.6. The molecule has 19 heteroatoms. The first kappa shape index (κ1) is 86.1. The summed E-state index contributed by atoms with van der Waals surface area (Å²) < 4.78 is 68.2. The number of rotatable bonds is 66. The molecule has 0 aliphatic rings. The molecule has 0 aromatic carbocycles. The van der Waals surface area contributed by atoms with Crippen LogP contribution in [0, 0.1) is 23.7 Å². The molecule has 0 aromatic rings. The first-order chi connectivity index (χ1) is 42.1. The van der Waals surface area contributed by atoms with E-state index in [1.54, 1.807) is 0 Å². The summed E-state index contributed by atoms with van der Waals surface area (Å²) in [6.07, 6.45) is 40.4. The summed E-state index contributed by atoms with van der Waals surface area (Å²) in [6.45, 7) is 14.0. The molecule has 6 atom stereocenters. The van der Waals surface area contributed by atoms with Crippen molar-refractivity contribution in [2.45, 2.75) is 356 Å². The Labute approximate surface area is 537 Å². The molecule has 88 heavy (non-hydrogen) atoms. The molecule has 0 rings (SSSR count). The number of aliphatic hydroxyl groups is 1. The van der Waals surface area contributed by atoms with E-state index >= 15 is 0 Å². The van der Waals surface area contributed by atoms with Gasteiger partial charge in [0.05, 0.1) is 26.4 Å². The van der Waals surface area contributed by atoms with Crippen LogP contribution >= 0.6 is 15.6 Å². The molecule has 0 bridgehead atoms. The first-order valence-electron chi connectivity index (χ1n) is 35.7. The van der Waals surface area contributed by atoms with Crippen molar-refractivity contribution in [1.82, 2.24) is 0 Å². The molecular weight excluding hydrogens is 1160 g/mol. The largest absolute Gasteiger partial charge is 0.472 e. The number of hydrogen-bond acceptors (Lipinski definition) is 15. The Balaban J connectivity index is 5.24. The zero-order valence-corrected chi connectivity index (χ0v) is 59.1. The highest BCUT2D eigenvalue weighted by atomic mass is 31.2. The summed E-state index contributed by atoms with van der Waals surface area (Å²) >= 11 is 0. The van der Waals surface area contributed by atoms with E-state index in [2.05, 4.69) is 55.4 Å². The molecule has 0 aliphatic carbocycles. The Morgan fingerprint density at radius 2 is 0.545 bits per heavy atom. The second-order valence-corrected chi connectivity index (χ2v) is 29.5. The summed E-state index contributed by atoms with van der Waals surface area (Å²) in [5.41, 5.74) is 0. The fourth-order valence-corrected chi connectivity index (χ4v) is 11.9. The van der Waals surface area contributed by atoms with Gasteiger partial charge in [-0.2, -0.15) is 0 Å². The van der Waals surface area contributed by atoms with Crippen LogP contribution in [0.2, 0.25) is 0 Å². The summed E-state index contributed by atoms with van der Waals surface area (Å²) in [6, 6.07) is 0. The molecule has 522 valence electrons. The zero-order valence-electron chi connectivity index (χ0n) is 57.3. The third kappa shape index (κ3) is 61.6. The lowest BCUT2D eigenvalue weighted by atomic mass is 10.00. The molecule has 4 unspecified atom stereocenters. The zero-order chi connectivity index (χ0) is 65.4. The van der Waals surface area contributed by atoms with Crippen LogP contribution in [0.3, 0.4) is 0 Å². The van der Waals surface area contributed by atoms with Gasteiger partial charge in [-0.05, 0) is 49.4 Å². The number of phosphoric ester groups is 2. The Kier molecular flexibility index (Phi) is 57.6. The second-order valence-electron chi connectivity index (χ2n) is 26.6. The van der Waals surface area contributed by atoms with E-state index in [0.717, 1.165) is 114 Å². The molecule has 0 radical (unpaired) electrons. The highest BCUT2D eigenvalue weighted by Gasteiger charge is 2.30. The number of phosphoric acid groups is 2. The number of carbonyl (C=O) groups excluding carboxylic acids is 4. The number of esters is 4. The van der Waals surface area contributed by atoms with Crippen molar-refractivity contribution in [2.24, 2.45) is 23.7 Å². The number of hydrogen-bond donors (Lipinski definition) is 3. The van der Waals surface area contributed by atoms with Crippen molar-refractivity contribution >= 4 is 39.5 Å². The van der Waals surface area contributed by atoms with E-state index in [9.17, 15) is 43.2 Å². The molecule has 0 fully saturated rings. The van der Waals surface area contributed by atoms with Gasteiger partial charge < -0.3 is 33.8 Å². The fourth-order valence-electron chi connectivity index (χ4n) is 10.3. The van der Waals surface area contributed by atoms with Gasteiger partial charge in [0, 0.05) is 25.7 Å². The lowest BCUT2D eigenvalue weighted by Gasteiger charge is -2.21. The van der Waals surface area contributed by atoms with Crippen LogP contribution in [0.4, 0.5) is 0 Å². The van der Waals surface area contributed by atoms with Crippen LogP contribution in [0.25, 0.3) is 0 Å². The van der Waals surface area contributed by atoms with Crippen LogP contribution in [-0.4, -0.2) is 96.7 Å². The van der Waals surface area contributed by atoms with E-state index < -0.39 is 97.5 Å². The van der Waals surface area contributed by atoms with Gasteiger partial charge in [-0.3, -0.25) is 37.3 Å². The van der Waals surface area contributed by atoms with Crippen LogP contribution in [0.15, 0.2) is 0 Å². The second kappa shape index (κ2) is 58.8. The van der Waals surface area contributed by atoms with Crippen LogP contribution in [0.1, 0.15) is 338 Å². The average molecular weight is 1300 g/mol. The van der Waals surface area contributed by atoms with Crippen LogP contribution < -0.4 is 0 Å². The molecule has 3 N–H and O–H groups in total. The van der Waals surface area contributed by atoms with E-state index in [-0.39, 0.29) is 25.7 Å². The van der Waals surface area contributed by atoms with E-state index in [1.807, 2.05) is 0 Å². The van der Waals surface area contributed by atoms with Gasteiger partial charge in [-0.1, -0.05) is 287 Å². The number of aliphatic hydroxyl groups excluding tert-OH is 1. The van der Waals surface area contributed by atoms with Crippen molar-refractivity contribution in [3.8, 4) is 0 Å². The maximum atomic E-state index is 13.0. The van der Waals surface area contributed by atoms with Gasteiger partial charge in [-0.25, -0.2) is 9.13 Å². The Bertz CT molecular complexity index is 1750. The van der Waals surface area contributed by atoms with Gasteiger partial charge in [0.1, 0.15) is 19.3 Å². The molecule has 0 amide bonds. The monoisotopic (exact) mass is 1300 g/mol. The molecule has 0 spiro atoms. The normalized spacial score (nSPS) is 14.6. The van der Waals surface area contributed by atoms with Crippen molar-refractivity contribution < 1.29 is 80.2 Å². The molecule has 0 saturated carbocycles. The summed E-state index contributed by atoms with van der Waals surface area (Å²) in [5.74, 6) is 0.821. The van der Waals surface area contributed by atoms with Crippen molar-refractivity contribution in [3.63, 3.8) is 0 Å². The van der Waals surface area contributed by atoms with E-state index in [0.29, 0.717) is 31.6 Å². The predicted molar refractivity (Wildman–Crippen MR) is 354 cm³/mol. The Hall–Kier alpha value is -1.94. The predicted octanol–water partition coefficient (Wildman–Crippen LogP) is 19.3. The average Bonchev–Trinajstić information content (AvgIpc) is 3.51. The topological polar surface area (TPSA) is 237 Å². The van der Waals surface area contributed by atoms with Crippen LogP contribution in [0.5, 0.6) is 0 Å². The molecule has 0 heterocycles. The highest BCUT2D eigenvalue weighted by molar-refractivity contribution is 7.47. The third-order valence-corrected chi connectivity index (χ3v) is 18.1. The van der Waals surface area contributed by atoms with Crippen molar-refractivity contribution in [3.05, 3.63) is 0 Å². The van der Waals surface area contributed by atoms with Crippen molar-refractivity contribution in [1.29, 1.82) is 0 Å². The van der Waals surface area contributed by atoms with Gasteiger partial charge in [0.25, 0.3) is 0 Å².